The Balaban J connectivity index is 3.15. The van der Waals surface area contributed by atoms with E-state index in [0.29, 0.717) is 6.04 Å². The Morgan fingerprint density at radius 3 is 0.833 bits per heavy atom. The van der Waals surface area contributed by atoms with Crippen LogP contribution in [0.4, 0.5) is 0 Å². The largest absolute Gasteiger partial charge is 0.294 e. The van der Waals surface area contributed by atoms with Crippen LogP contribution >= 0.6 is 0 Å². The zero-order valence-electron chi connectivity index (χ0n) is 23.9. The van der Waals surface area contributed by atoms with E-state index < -0.39 is 0 Å². The number of hydrogen-bond acceptors (Lipinski definition) is 3. The van der Waals surface area contributed by atoms with Gasteiger partial charge in [0, 0.05) is 39.3 Å². The van der Waals surface area contributed by atoms with Crippen LogP contribution in [0.25, 0.3) is 0 Å². The van der Waals surface area contributed by atoms with E-state index >= 15 is 0 Å². The van der Waals surface area contributed by atoms with Crippen LogP contribution in [0.3, 0.4) is 0 Å². The number of hydrogen-bond donors (Lipinski definition) is 0. The molecule has 0 N–H and O–H groups in total. The molecule has 0 atom stereocenters. The highest BCUT2D eigenvalue weighted by Gasteiger charge is 2.72. The number of fused-ring (bicyclic) bond motifs is 1. The highest BCUT2D eigenvalue weighted by Crippen LogP contribution is 2.63. The van der Waals surface area contributed by atoms with Gasteiger partial charge in [-0.25, -0.2) is 0 Å². The van der Waals surface area contributed by atoms with Crippen LogP contribution < -0.4 is 0 Å². The molecule has 0 aromatic carbocycles. The first-order chi connectivity index (χ1) is 12.8. The van der Waals surface area contributed by atoms with Gasteiger partial charge in [0.1, 0.15) is 0 Å². The average molecular weight is 422 g/mol. The summed E-state index contributed by atoms with van der Waals surface area (Å²) in [6.07, 6.45) is 0. The highest BCUT2D eigenvalue weighted by molar-refractivity contribution is 5.27. The summed E-state index contributed by atoms with van der Waals surface area (Å²) in [5.41, 5.74) is 0.0110. The zero-order valence-corrected chi connectivity index (χ0v) is 23.9. The van der Waals surface area contributed by atoms with Crippen LogP contribution in [-0.2, 0) is 0 Å². The van der Waals surface area contributed by atoms with Crippen molar-refractivity contribution in [2.75, 3.05) is 14.1 Å². The van der Waals surface area contributed by atoms with Gasteiger partial charge < -0.3 is 0 Å². The molecule has 178 valence electrons. The fraction of sp³-hybridized carbons (Fsp3) is 1.00. The lowest BCUT2D eigenvalue weighted by atomic mass is 9.55. The van der Waals surface area contributed by atoms with Crippen molar-refractivity contribution in [1.82, 2.24) is 14.7 Å². The molecule has 3 heteroatoms. The van der Waals surface area contributed by atoms with Gasteiger partial charge in [0.15, 0.2) is 0 Å². The molecule has 2 aliphatic heterocycles. The minimum absolute atomic E-state index is 0.0149. The first-order valence-electron chi connectivity index (χ1n) is 12.1. The molecule has 0 aromatic heterocycles. The topological polar surface area (TPSA) is 9.72 Å². The van der Waals surface area contributed by atoms with Crippen LogP contribution in [0.15, 0.2) is 0 Å². The fourth-order valence-electron chi connectivity index (χ4n) is 7.23. The van der Waals surface area contributed by atoms with Crippen molar-refractivity contribution in [2.45, 2.75) is 150 Å². The van der Waals surface area contributed by atoms with Crippen molar-refractivity contribution < 1.29 is 0 Å². The second kappa shape index (κ2) is 6.26. The maximum atomic E-state index is 2.97. The second-order valence-corrected chi connectivity index (χ2v) is 14.7. The third kappa shape index (κ3) is 2.61. The Morgan fingerprint density at radius 1 is 0.367 bits per heavy atom. The van der Waals surface area contributed by atoms with E-state index in [1.54, 1.807) is 0 Å². The lowest BCUT2D eigenvalue weighted by molar-refractivity contribution is -0.131. The summed E-state index contributed by atoms with van der Waals surface area (Å²) >= 11 is 0. The lowest BCUT2D eigenvalue weighted by Gasteiger charge is -2.63. The molecule has 2 heterocycles. The normalized spacial score (nSPS) is 34.6. The molecule has 0 aromatic rings. The summed E-state index contributed by atoms with van der Waals surface area (Å²) in [5, 5.41) is 0. The van der Waals surface area contributed by atoms with E-state index in [1.165, 1.54) is 0 Å². The Bertz CT molecular complexity index is 575. The van der Waals surface area contributed by atoms with Gasteiger partial charge in [-0.1, -0.05) is 27.7 Å². The van der Waals surface area contributed by atoms with Crippen LogP contribution in [0, 0.1) is 10.8 Å². The quantitative estimate of drug-likeness (QED) is 0.456. The summed E-state index contributed by atoms with van der Waals surface area (Å²) in [6.45, 7) is 39.9. The SMILES string of the molecule is CN1C(C)(C)C(C)(C)C2N(C(C)(C)C1(C)C)C(C)(C)C(C)(C)N(C)C(C)(C)C2(C)C. The third-order valence-corrected chi connectivity index (χ3v) is 12.3. The summed E-state index contributed by atoms with van der Waals surface area (Å²) in [5.74, 6) is 0. The van der Waals surface area contributed by atoms with E-state index in [9.17, 15) is 0 Å². The van der Waals surface area contributed by atoms with Gasteiger partial charge in [-0.15, -0.1) is 0 Å². The predicted octanol–water partition coefficient (Wildman–Crippen LogP) is 6.27. The summed E-state index contributed by atoms with van der Waals surface area (Å²) in [7, 11) is 4.72. The summed E-state index contributed by atoms with van der Waals surface area (Å²) in [4.78, 5) is 8.34. The molecule has 0 saturated carbocycles. The average Bonchev–Trinajstić information content (AvgIpc) is 2.58. The molecule has 2 aliphatic rings. The van der Waals surface area contributed by atoms with Gasteiger partial charge in [0.25, 0.3) is 0 Å². The van der Waals surface area contributed by atoms with Crippen LogP contribution in [-0.4, -0.2) is 68.1 Å². The lowest BCUT2D eigenvalue weighted by Crippen LogP contribution is -2.75. The minimum Gasteiger partial charge on any atom is -0.294 e. The van der Waals surface area contributed by atoms with Crippen molar-refractivity contribution >= 4 is 0 Å². The number of nitrogens with zero attached hydrogens (tertiary/aromatic N) is 3. The van der Waals surface area contributed by atoms with Gasteiger partial charge in [-0.3, -0.25) is 14.7 Å². The summed E-state index contributed by atoms with van der Waals surface area (Å²) in [6, 6.07) is 0.383. The van der Waals surface area contributed by atoms with E-state index in [-0.39, 0.29) is 44.1 Å². The molecule has 2 rings (SSSR count). The maximum Gasteiger partial charge on any atom is 0.0341 e. The molecule has 0 spiro atoms. The van der Waals surface area contributed by atoms with Gasteiger partial charge in [-0.2, -0.15) is 0 Å². The van der Waals surface area contributed by atoms with E-state index in [1.807, 2.05) is 0 Å². The van der Waals surface area contributed by atoms with Crippen molar-refractivity contribution in [2.24, 2.45) is 10.8 Å². The first kappa shape index (κ1) is 26.1. The number of rotatable bonds is 0. The maximum absolute atomic E-state index is 2.97. The third-order valence-electron chi connectivity index (χ3n) is 12.3. The van der Waals surface area contributed by atoms with E-state index in [4.69, 9.17) is 0 Å². The van der Waals surface area contributed by atoms with Crippen molar-refractivity contribution in [3.8, 4) is 0 Å². The van der Waals surface area contributed by atoms with Gasteiger partial charge in [-0.05, 0) is 108 Å². The van der Waals surface area contributed by atoms with Crippen molar-refractivity contribution in [1.29, 1.82) is 0 Å². The molecule has 2 fully saturated rings. The number of likely N-dealkylation sites (N-methyl/N-ethyl adjacent to an activating group) is 2. The van der Waals surface area contributed by atoms with Gasteiger partial charge in [0.05, 0.1) is 0 Å². The molecule has 0 amide bonds. The Hall–Kier alpha value is -0.120. The Morgan fingerprint density at radius 2 is 0.600 bits per heavy atom. The molecular formula is C27H55N3. The molecule has 30 heavy (non-hydrogen) atoms. The summed E-state index contributed by atoms with van der Waals surface area (Å²) < 4.78 is 0. The zero-order chi connectivity index (χ0) is 24.3. The van der Waals surface area contributed by atoms with Crippen molar-refractivity contribution in [3.05, 3.63) is 0 Å². The fourth-order valence-corrected chi connectivity index (χ4v) is 7.23. The minimum atomic E-state index is -0.0449. The van der Waals surface area contributed by atoms with E-state index in [0.717, 1.165) is 0 Å². The van der Waals surface area contributed by atoms with Crippen LogP contribution in [0.1, 0.15) is 111 Å². The molecule has 0 unspecified atom stereocenters. The molecule has 0 radical (unpaired) electrons. The Kier molecular flexibility index (Phi) is 5.45. The van der Waals surface area contributed by atoms with Crippen molar-refractivity contribution in [3.63, 3.8) is 0 Å². The standard InChI is InChI=1S/C27H55N3/c1-20(2)19-21(3,4)23(7,8)29(18)25(11,12)27(15,16)30(19)26(13,14)24(9,10)28(17)22(20,5)6/h19H,1-18H3. The monoisotopic (exact) mass is 421 g/mol. The van der Waals surface area contributed by atoms with Crippen LogP contribution in [0.2, 0.25) is 0 Å². The second-order valence-electron chi connectivity index (χ2n) is 14.7. The Labute approximate surface area is 189 Å². The molecule has 3 nitrogen and oxygen atoms in total. The van der Waals surface area contributed by atoms with Gasteiger partial charge in [0.2, 0.25) is 0 Å². The van der Waals surface area contributed by atoms with Crippen LogP contribution in [0.5, 0.6) is 0 Å². The van der Waals surface area contributed by atoms with Gasteiger partial charge >= 0.3 is 0 Å². The first-order valence-corrected chi connectivity index (χ1v) is 12.1. The molecule has 0 bridgehead atoms. The molecule has 2 saturated heterocycles. The predicted molar refractivity (Wildman–Crippen MR) is 133 cm³/mol. The highest BCUT2D eigenvalue weighted by atomic mass is 15.4. The van der Waals surface area contributed by atoms with E-state index in [2.05, 4.69) is 140 Å². The molecule has 0 aliphatic carbocycles. The molecular weight excluding hydrogens is 366 g/mol. The smallest absolute Gasteiger partial charge is 0.0341 e.